The predicted octanol–water partition coefficient (Wildman–Crippen LogP) is 2.00. The van der Waals surface area contributed by atoms with E-state index in [-0.39, 0.29) is 23.8 Å². The van der Waals surface area contributed by atoms with Crippen LogP contribution in [0.4, 0.5) is 0 Å². The molecule has 1 aromatic heterocycles. The average molecular weight is 371 g/mol. The lowest BCUT2D eigenvalue weighted by atomic mass is 10.0. The SMILES string of the molecule is O=C(CCCc1nc2ccccc2c(=O)[nH]1)N1CCCCC1C1OCCO1. The third-order valence-electron chi connectivity index (χ3n) is 5.30. The molecule has 144 valence electrons. The molecule has 0 spiro atoms. The summed E-state index contributed by atoms with van der Waals surface area (Å²) in [4.78, 5) is 34.1. The van der Waals surface area contributed by atoms with Gasteiger partial charge in [-0.1, -0.05) is 12.1 Å². The zero-order valence-corrected chi connectivity index (χ0v) is 15.4. The molecule has 2 aliphatic rings. The summed E-state index contributed by atoms with van der Waals surface area (Å²) in [5, 5.41) is 0.588. The summed E-state index contributed by atoms with van der Waals surface area (Å²) in [5.74, 6) is 0.756. The van der Waals surface area contributed by atoms with Crippen molar-refractivity contribution in [2.75, 3.05) is 19.8 Å². The highest BCUT2D eigenvalue weighted by Crippen LogP contribution is 2.25. The first-order valence-electron chi connectivity index (χ1n) is 9.73. The van der Waals surface area contributed by atoms with Crippen molar-refractivity contribution < 1.29 is 14.3 Å². The van der Waals surface area contributed by atoms with Gasteiger partial charge in [0.1, 0.15) is 5.82 Å². The van der Waals surface area contributed by atoms with Gasteiger partial charge in [-0.15, -0.1) is 0 Å². The number of aromatic amines is 1. The van der Waals surface area contributed by atoms with Gasteiger partial charge in [0, 0.05) is 19.4 Å². The molecule has 1 amide bonds. The molecule has 1 N–H and O–H groups in total. The van der Waals surface area contributed by atoms with Crippen molar-refractivity contribution >= 4 is 16.8 Å². The van der Waals surface area contributed by atoms with Crippen LogP contribution >= 0.6 is 0 Å². The topological polar surface area (TPSA) is 84.5 Å². The van der Waals surface area contributed by atoms with Gasteiger partial charge in [0.2, 0.25) is 5.91 Å². The Bertz CT molecular complexity index is 860. The molecule has 2 fully saturated rings. The maximum Gasteiger partial charge on any atom is 0.258 e. The van der Waals surface area contributed by atoms with Crippen LogP contribution in [0.3, 0.4) is 0 Å². The quantitative estimate of drug-likeness (QED) is 0.869. The van der Waals surface area contributed by atoms with E-state index in [1.165, 1.54) is 0 Å². The van der Waals surface area contributed by atoms with Gasteiger partial charge in [0.05, 0.1) is 30.2 Å². The molecule has 7 nitrogen and oxygen atoms in total. The van der Waals surface area contributed by atoms with Gasteiger partial charge in [0.15, 0.2) is 6.29 Å². The summed E-state index contributed by atoms with van der Waals surface area (Å²) in [6.07, 6.45) is 4.41. The van der Waals surface area contributed by atoms with E-state index in [1.54, 1.807) is 6.07 Å². The monoisotopic (exact) mass is 371 g/mol. The van der Waals surface area contributed by atoms with Gasteiger partial charge in [-0.2, -0.15) is 0 Å². The van der Waals surface area contributed by atoms with Gasteiger partial charge < -0.3 is 19.4 Å². The van der Waals surface area contributed by atoms with E-state index in [4.69, 9.17) is 9.47 Å². The number of nitrogens with zero attached hydrogens (tertiary/aromatic N) is 2. The van der Waals surface area contributed by atoms with E-state index in [9.17, 15) is 9.59 Å². The van der Waals surface area contributed by atoms with Crippen molar-refractivity contribution in [2.45, 2.75) is 50.9 Å². The molecule has 2 saturated heterocycles. The fraction of sp³-hybridized carbons (Fsp3) is 0.550. The standard InChI is InChI=1S/C20H25N3O4/c24-18(23-11-4-3-8-16(23)20-26-12-13-27-20)10-5-9-17-21-15-7-2-1-6-14(15)19(25)22-17/h1-2,6-7,16,20H,3-5,8-13H2,(H,21,22,25). The molecule has 1 atom stereocenters. The number of aryl methyl sites for hydroxylation is 1. The number of rotatable bonds is 5. The van der Waals surface area contributed by atoms with Gasteiger partial charge in [-0.25, -0.2) is 4.98 Å². The number of hydrogen-bond acceptors (Lipinski definition) is 5. The minimum Gasteiger partial charge on any atom is -0.348 e. The number of amides is 1. The van der Waals surface area contributed by atoms with Gasteiger partial charge in [0.25, 0.3) is 5.56 Å². The number of carbonyl (C=O) groups is 1. The zero-order valence-electron chi connectivity index (χ0n) is 15.4. The molecular weight excluding hydrogens is 346 g/mol. The Morgan fingerprint density at radius 1 is 1.22 bits per heavy atom. The second-order valence-corrected chi connectivity index (χ2v) is 7.14. The lowest BCUT2D eigenvalue weighted by Gasteiger charge is -2.38. The first-order chi connectivity index (χ1) is 13.2. The molecule has 7 heteroatoms. The number of para-hydroxylation sites is 1. The number of hydrogen-bond donors (Lipinski definition) is 1. The minimum atomic E-state index is -0.284. The molecule has 4 rings (SSSR count). The summed E-state index contributed by atoms with van der Waals surface area (Å²) in [5.41, 5.74) is 0.558. The molecule has 2 aliphatic heterocycles. The Kier molecular flexibility index (Phi) is 5.50. The van der Waals surface area contributed by atoms with Crippen LogP contribution in [-0.2, 0) is 20.7 Å². The molecule has 0 radical (unpaired) electrons. The summed E-state index contributed by atoms with van der Waals surface area (Å²) in [7, 11) is 0. The first-order valence-corrected chi connectivity index (χ1v) is 9.73. The molecule has 0 aliphatic carbocycles. The van der Waals surface area contributed by atoms with E-state index < -0.39 is 0 Å². The molecule has 27 heavy (non-hydrogen) atoms. The highest BCUT2D eigenvalue weighted by atomic mass is 16.7. The number of benzene rings is 1. The average Bonchev–Trinajstić information content (AvgIpc) is 3.23. The van der Waals surface area contributed by atoms with Gasteiger partial charge in [-0.3, -0.25) is 9.59 Å². The molecule has 2 aromatic rings. The summed E-state index contributed by atoms with van der Waals surface area (Å²) in [6, 6.07) is 7.31. The van der Waals surface area contributed by atoms with E-state index in [1.807, 2.05) is 23.1 Å². The van der Waals surface area contributed by atoms with Crippen LogP contribution in [0.25, 0.3) is 10.9 Å². The third-order valence-corrected chi connectivity index (χ3v) is 5.30. The predicted molar refractivity (Wildman–Crippen MR) is 100 cm³/mol. The number of aromatic nitrogens is 2. The van der Waals surface area contributed by atoms with Crippen molar-refractivity contribution in [1.82, 2.24) is 14.9 Å². The number of H-pyrrole nitrogens is 1. The molecule has 0 saturated carbocycles. The normalized spacial score (nSPS) is 21.0. The minimum absolute atomic E-state index is 0.0207. The van der Waals surface area contributed by atoms with Crippen LogP contribution in [0.1, 0.15) is 37.9 Å². The lowest BCUT2D eigenvalue weighted by molar-refractivity contribution is -0.150. The molecular formula is C20H25N3O4. The Morgan fingerprint density at radius 3 is 2.89 bits per heavy atom. The Labute approximate surface area is 157 Å². The molecule has 1 aromatic carbocycles. The lowest BCUT2D eigenvalue weighted by Crippen LogP contribution is -2.50. The number of ether oxygens (including phenoxy) is 2. The maximum atomic E-state index is 12.8. The van der Waals surface area contributed by atoms with Gasteiger partial charge >= 0.3 is 0 Å². The Balaban J connectivity index is 1.36. The van der Waals surface area contributed by atoms with Crippen LogP contribution in [0.5, 0.6) is 0 Å². The smallest absolute Gasteiger partial charge is 0.258 e. The summed E-state index contributed by atoms with van der Waals surface area (Å²) in [6.45, 7) is 1.96. The van der Waals surface area contributed by atoms with Crippen molar-refractivity contribution in [1.29, 1.82) is 0 Å². The number of likely N-dealkylation sites (tertiary alicyclic amines) is 1. The van der Waals surface area contributed by atoms with E-state index in [0.717, 1.165) is 25.8 Å². The molecule has 1 unspecified atom stereocenters. The second kappa shape index (κ2) is 8.19. The van der Waals surface area contributed by atoms with Crippen LogP contribution in [0, 0.1) is 0 Å². The van der Waals surface area contributed by atoms with Crippen molar-refractivity contribution in [2.24, 2.45) is 0 Å². The summed E-state index contributed by atoms with van der Waals surface area (Å²) < 4.78 is 11.3. The number of carbonyl (C=O) groups excluding carboxylic acids is 1. The first kappa shape index (κ1) is 18.1. The number of fused-ring (bicyclic) bond motifs is 1. The van der Waals surface area contributed by atoms with Crippen molar-refractivity contribution in [3.8, 4) is 0 Å². The van der Waals surface area contributed by atoms with Crippen LogP contribution in [0.15, 0.2) is 29.1 Å². The van der Waals surface area contributed by atoms with Crippen LogP contribution in [-0.4, -0.2) is 52.9 Å². The van der Waals surface area contributed by atoms with Crippen molar-refractivity contribution in [3.05, 3.63) is 40.4 Å². The highest BCUT2D eigenvalue weighted by Gasteiger charge is 2.35. The molecule has 3 heterocycles. The zero-order chi connectivity index (χ0) is 18.6. The van der Waals surface area contributed by atoms with E-state index in [2.05, 4.69) is 9.97 Å². The summed E-state index contributed by atoms with van der Waals surface area (Å²) >= 11 is 0. The fourth-order valence-electron chi connectivity index (χ4n) is 3.95. The van der Waals surface area contributed by atoms with Crippen LogP contribution < -0.4 is 5.56 Å². The number of nitrogens with one attached hydrogen (secondary N) is 1. The third kappa shape index (κ3) is 4.04. The Morgan fingerprint density at radius 2 is 2.04 bits per heavy atom. The van der Waals surface area contributed by atoms with E-state index in [0.29, 0.717) is 49.2 Å². The van der Waals surface area contributed by atoms with Gasteiger partial charge in [-0.05, 0) is 37.8 Å². The second-order valence-electron chi connectivity index (χ2n) is 7.14. The largest absolute Gasteiger partial charge is 0.348 e. The highest BCUT2D eigenvalue weighted by molar-refractivity contribution is 5.77. The van der Waals surface area contributed by atoms with Crippen LogP contribution in [0.2, 0.25) is 0 Å². The molecule has 0 bridgehead atoms. The van der Waals surface area contributed by atoms with E-state index >= 15 is 0 Å². The Hall–Kier alpha value is -2.25. The number of piperidine rings is 1. The maximum absolute atomic E-state index is 12.8. The van der Waals surface area contributed by atoms with Crippen molar-refractivity contribution in [3.63, 3.8) is 0 Å². The fourth-order valence-corrected chi connectivity index (χ4v) is 3.95.